The number of hydrogen-bond donors (Lipinski definition) is 1. The minimum atomic E-state index is -3.81. The summed E-state index contributed by atoms with van der Waals surface area (Å²) in [6.45, 7) is 10.2. The van der Waals surface area contributed by atoms with Crippen molar-refractivity contribution in [2.75, 3.05) is 36.7 Å². The average molecular weight is 747 g/mol. The third-order valence-electron chi connectivity index (χ3n) is 9.13. The van der Waals surface area contributed by atoms with Crippen molar-refractivity contribution in [1.82, 2.24) is 19.7 Å². The summed E-state index contributed by atoms with van der Waals surface area (Å²) >= 11 is 0. The SMILES string of the molecule is CCc1cc(OCOCC[Si](C)(C)C)c(F)cc1-c1nc(NCc2ccccc2N(C)S(=O)(=O)c2ccccc2)c2cnn(C3CCCCO3)c2n1. The van der Waals surface area contributed by atoms with Gasteiger partial charge in [-0.05, 0) is 73.2 Å². The lowest BCUT2D eigenvalue weighted by molar-refractivity contribution is -0.0370. The second kappa shape index (κ2) is 16.1. The van der Waals surface area contributed by atoms with Crippen LogP contribution in [0.1, 0.15) is 43.5 Å². The predicted molar refractivity (Wildman–Crippen MR) is 204 cm³/mol. The van der Waals surface area contributed by atoms with Gasteiger partial charge in [0.05, 0.1) is 22.2 Å². The molecule has 1 saturated heterocycles. The zero-order valence-electron chi connectivity index (χ0n) is 30.4. The molecule has 6 rings (SSSR count). The Hall–Kier alpha value is -4.37. The van der Waals surface area contributed by atoms with Crippen molar-refractivity contribution in [2.24, 2.45) is 0 Å². The Morgan fingerprint density at radius 1 is 1.04 bits per heavy atom. The molecule has 52 heavy (non-hydrogen) atoms. The number of fused-ring (bicyclic) bond motifs is 1. The summed E-state index contributed by atoms with van der Waals surface area (Å²) in [5.74, 6) is 0.363. The van der Waals surface area contributed by atoms with E-state index in [1.807, 2.05) is 19.1 Å². The highest BCUT2D eigenvalue weighted by Gasteiger charge is 2.25. The van der Waals surface area contributed by atoms with Gasteiger partial charge < -0.3 is 19.5 Å². The first kappa shape index (κ1) is 37.4. The molecule has 3 aromatic carbocycles. The number of aromatic nitrogens is 4. The van der Waals surface area contributed by atoms with Gasteiger partial charge in [-0.15, -0.1) is 0 Å². The van der Waals surface area contributed by atoms with Crippen molar-refractivity contribution in [1.29, 1.82) is 0 Å². The van der Waals surface area contributed by atoms with Crippen LogP contribution in [0.2, 0.25) is 25.7 Å². The zero-order chi connectivity index (χ0) is 36.9. The fourth-order valence-electron chi connectivity index (χ4n) is 6.08. The van der Waals surface area contributed by atoms with Gasteiger partial charge >= 0.3 is 0 Å². The third-order valence-corrected chi connectivity index (χ3v) is 12.6. The Labute approximate surface area is 306 Å². The predicted octanol–water partition coefficient (Wildman–Crippen LogP) is 8.02. The van der Waals surface area contributed by atoms with Crippen LogP contribution in [0, 0.1) is 5.82 Å². The van der Waals surface area contributed by atoms with Gasteiger partial charge in [0.1, 0.15) is 5.82 Å². The number of rotatable bonds is 15. The molecule has 0 aliphatic carbocycles. The molecule has 11 nitrogen and oxygen atoms in total. The molecule has 1 atom stereocenters. The van der Waals surface area contributed by atoms with Gasteiger partial charge in [0.25, 0.3) is 10.0 Å². The molecule has 1 aliphatic rings. The molecule has 1 aliphatic heterocycles. The van der Waals surface area contributed by atoms with Crippen molar-refractivity contribution in [2.45, 2.75) is 76.0 Å². The number of hydrogen-bond acceptors (Lipinski definition) is 9. The molecule has 1 fully saturated rings. The minimum absolute atomic E-state index is 0.0374. The molecule has 0 radical (unpaired) electrons. The maximum Gasteiger partial charge on any atom is 0.264 e. The molecule has 0 spiro atoms. The molecule has 14 heteroatoms. The normalized spacial score (nSPS) is 15.2. The van der Waals surface area contributed by atoms with Crippen molar-refractivity contribution < 1.29 is 27.0 Å². The second-order valence-corrected chi connectivity index (χ2v) is 21.7. The van der Waals surface area contributed by atoms with Crippen molar-refractivity contribution >= 4 is 40.6 Å². The summed E-state index contributed by atoms with van der Waals surface area (Å²) in [7, 11) is -3.53. The zero-order valence-corrected chi connectivity index (χ0v) is 32.2. The van der Waals surface area contributed by atoms with Crippen LogP contribution in [0.5, 0.6) is 5.75 Å². The van der Waals surface area contributed by atoms with Crippen LogP contribution in [0.4, 0.5) is 15.9 Å². The smallest absolute Gasteiger partial charge is 0.264 e. The van der Waals surface area contributed by atoms with Crippen LogP contribution in [0.15, 0.2) is 77.8 Å². The highest BCUT2D eigenvalue weighted by Crippen LogP contribution is 2.34. The van der Waals surface area contributed by atoms with E-state index in [0.717, 1.165) is 36.4 Å². The van der Waals surface area contributed by atoms with E-state index in [0.29, 0.717) is 53.6 Å². The standard InChI is InChI=1S/C38H47FN6O5SSi/c1-6-27-22-34(50-26-48-20-21-52(3,4)5)32(39)23-30(27)37-42-36(31-25-41-45(38(31)43-37)35-18-12-13-19-49-35)40-24-28-14-10-11-17-33(28)44(2)51(46,47)29-15-8-7-9-16-29/h7-11,14-17,22-23,25,35H,6,12-13,18-21,24,26H2,1-5H3,(H,40,42,43). The Kier molecular flexibility index (Phi) is 11.6. The molecule has 0 saturated carbocycles. The number of halogens is 1. The fraction of sp³-hybridized carbons (Fsp3) is 0.395. The molecular formula is C38H47FN6O5SSi. The largest absolute Gasteiger partial charge is 0.464 e. The third kappa shape index (κ3) is 8.46. The lowest BCUT2D eigenvalue weighted by Gasteiger charge is -2.23. The molecule has 3 heterocycles. The number of anilines is 2. The van der Waals surface area contributed by atoms with Crippen molar-refractivity contribution in [3.05, 3.63) is 89.9 Å². The van der Waals surface area contributed by atoms with Crippen LogP contribution < -0.4 is 14.4 Å². The number of ether oxygens (including phenoxy) is 3. The van der Waals surface area contributed by atoms with Crippen LogP contribution in [-0.4, -0.2) is 63.3 Å². The van der Waals surface area contributed by atoms with E-state index in [4.69, 9.17) is 24.2 Å². The van der Waals surface area contributed by atoms with Gasteiger partial charge in [-0.3, -0.25) is 4.31 Å². The van der Waals surface area contributed by atoms with E-state index >= 15 is 4.39 Å². The van der Waals surface area contributed by atoms with Crippen LogP contribution in [-0.2, 0) is 32.5 Å². The molecular weight excluding hydrogens is 700 g/mol. The highest BCUT2D eigenvalue weighted by molar-refractivity contribution is 7.92. The van der Waals surface area contributed by atoms with Gasteiger partial charge in [-0.1, -0.05) is 63.0 Å². The topological polar surface area (TPSA) is 121 Å². The number of benzene rings is 3. The van der Waals surface area contributed by atoms with E-state index in [1.54, 1.807) is 66.5 Å². The molecule has 0 amide bonds. The number of para-hydroxylation sites is 1. The number of aryl methyl sites for hydroxylation is 1. The van der Waals surface area contributed by atoms with Crippen LogP contribution >= 0.6 is 0 Å². The summed E-state index contributed by atoms with van der Waals surface area (Å²) in [5.41, 5.74) is 3.14. The summed E-state index contributed by atoms with van der Waals surface area (Å²) < 4.78 is 63.3. The summed E-state index contributed by atoms with van der Waals surface area (Å²) in [5, 5.41) is 8.77. The molecule has 0 bridgehead atoms. The Morgan fingerprint density at radius 3 is 2.54 bits per heavy atom. The number of sulfonamides is 1. The first-order valence-corrected chi connectivity index (χ1v) is 22.9. The quantitative estimate of drug-likeness (QED) is 0.0645. The van der Waals surface area contributed by atoms with Crippen molar-refractivity contribution in [3.63, 3.8) is 0 Å². The first-order chi connectivity index (χ1) is 25.0. The Morgan fingerprint density at radius 2 is 1.81 bits per heavy atom. The van der Waals surface area contributed by atoms with E-state index in [1.165, 1.54) is 10.4 Å². The summed E-state index contributed by atoms with van der Waals surface area (Å²) in [4.78, 5) is 10.1. The van der Waals surface area contributed by atoms with Crippen molar-refractivity contribution in [3.8, 4) is 17.1 Å². The highest BCUT2D eigenvalue weighted by atomic mass is 32.2. The molecule has 2 aromatic heterocycles. The van der Waals surface area contributed by atoms with E-state index < -0.39 is 23.9 Å². The Balaban J connectivity index is 1.34. The van der Waals surface area contributed by atoms with Gasteiger partial charge in [-0.2, -0.15) is 5.10 Å². The van der Waals surface area contributed by atoms with Crippen LogP contribution in [0.3, 0.4) is 0 Å². The van der Waals surface area contributed by atoms with E-state index in [2.05, 4.69) is 30.1 Å². The Bertz CT molecular complexity index is 2100. The first-order valence-electron chi connectivity index (χ1n) is 17.7. The van der Waals surface area contributed by atoms with Gasteiger partial charge in [0.2, 0.25) is 0 Å². The maximum atomic E-state index is 15.6. The van der Waals surface area contributed by atoms with Gasteiger partial charge in [-0.25, -0.2) is 27.5 Å². The monoisotopic (exact) mass is 746 g/mol. The fourth-order valence-corrected chi connectivity index (χ4v) is 8.10. The maximum absolute atomic E-state index is 15.6. The molecule has 1 unspecified atom stereocenters. The van der Waals surface area contributed by atoms with Gasteiger partial charge in [0, 0.05) is 40.4 Å². The lowest BCUT2D eigenvalue weighted by Crippen LogP contribution is -2.27. The molecule has 276 valence electrons. The van der Waals surface area contributed by atoms with E-state index in [9.17, 15) is 8.42 Å². The second-order valence-electron chi connectivity index (χ2n) is 14.1. The molecule has 1 N–H and O–H groups in total. The number of nitrogens with one attached hydrogen (secondary N) is 1. The van der Waals surface area contributed by atoms with Gasteiger partial charge in [0.15, 0.2) is 36.1 Å². The minimum Gasteiger partial charge on any atom is -0.464 e. The number of nitrogens with zero attached hydrogens (tertiary/aromatic N) is 5. The summed E-state index contributed by atoms with van der Waals surface area (Å²) in [6.07, 6.45) is 4.76. The van der Waals surface area contributed by atoms with Crippen LogP contribution in [0.25, 0.3) is 22.4 Å². The van der Waals surface area contributed by atoms with E-state index in [-0.39, 0.29) is 30.2 Å². The summed E-state index contributed by atoms with van der Waals surface area (Å²) in [6, 6.07) is 19.7. The lowest BCUT2D eigenvalue weighted by atomic mass is 10.0. The average Bonchev–Trinajstić information content (AvgIpc) is 3.58. The molecule has 5 aromatic rings.